The molecule has 0 aromatic heterocycles. The third-order valence-corrected chi connectivity index (χ3v) is 5.90. The molecular weight excluding hydrogens is 320 g/mol. The number of hydrogen-bond donors (Lipinski definition) is 1. The molecule has 1 atom stereocenters. The lowest BCUT2D eigenvalue weighted by molar-refractivity contribution is -0.130. The average molecular weight is 352 g/mol. The molecule has 0 aliphatic carbocycles. The number of likely N-dealkylation sites (tertiary alicyclic amines) is 2. The largest absolute Gasteiger partial charge is 0.381 e. The van der Waals surface area contributed by atoms with Gasteiger partial charge in [0, 0.05) is 58.3 Å². The minimum Gasteiger partial charge on any atom is -0.381 e. The molecule has 3 saturated heterocycles. The van der Waals surface area contributed by atoms with Gasteiger partial charge >= 0.3 is 6.03 Å². The number of amides is 3. The second-order valence-corrected chi connectivity index (χ2v) is 8.12. The summed E-state index contributed by atoms with van der Waals surface area (Å²) in [5.41, 5.74) is 0.200. The Morgan fingerprint density at radius 3 is 2.60 bits per heavy atom. The van der Waals surface area contributed by atoms with Gasteiger partial charge in [-0.2, -0.15) is 0 Å². The van der Waals surface area contributed by atoms with Gasteiger partial charge in [-0.05, 0) is 32.1 Å². The van der Waals surface area contributed by atoms with Crippen LogP contribution in [-0.4, -0.2) is 92.7 Å². The first-order valence-corrected chi connectivity index (χ1v) is 9.53. The lowest BCUT2D eigenvalue weighted by Gasteiger charge is -2.34. The van der Waals surface area contributed by atoms with Gasteiger partial charge in [0.05, 0.1) is 13.2 Å². The fourth-order valence-corrected chi connectivity index (χ4v) is 4.17. The van der Waals surface area contributed by atoms with E-state index in [1.165, 1.54) is 6.42 Å². The molecule has 3 rings (SSSR count). The van der Waals surface area contributed by atoms with Crippen LogP contribution < -0.4 is 5.32 Å². The Kier molecular flexibility index (Phi) is 5.84. The van der Waals surface area contributed by atoms with Gasteiger partial charge in [0.25, 0.3) is 0 Å². The summed E-state index contributed by atoms with van der Waals surface area (Å²) in [5, 5.41) is 3.20. The minimum atomic E-state index is 0.0743. The van der Waals surface area contributed by atoms with Crippen molar-refractivity contribution in [2.45, 2.75) is 38.1 Å². The van der Waals surface area contributed by atoms with E-state index in [0.717, 1.165) is 65.1 Å². The molecule has 1 spiro atoms. The molecule has 7 heteroatoms. The number of nitrogens with zero attached hydrogens (tertiary/aromatic N) is 3. The molecule has 3 aliphatic rings. The van der Waals surface area contributed by atoms with Crippen LogP contribution >= 0.6 is 0 Å². The lowest BCUT2D eigenvalue weighted by atomic mass is 9.82. The maximum absolute atomic E-state index is 12.6. The zero-order valence-corrected chi connectivity index (χ0v) is 15.6. The Hall–Kier alpha value is -1.34. The molecule has 25 heavy (non-hydrogen) atoms. The van der Waals surface area contributed by atoms with Crippen molar-refractivity contribution in [2.24, 2.45) is 5.41 Å². The Morgan fingerprint density at radius 2 is 1.96 bits per heavy atom. The molecule has 0 saturated carbocycles. The van der Waals surface area contributed by atoms with Crippen LogP contribution in [0, 0.1) is 5.41 Å². The van der Waals surface area contributed by atoms with Crippen LogP contribution in [0.1, 0.15) is 32.1 Å². The molecule has 0 aromatic carbocycles. The maximum Gasteiger partial charge on any atom is 0.317 e. The molecule has 142 valence electrons. The summed E-state index contributed by atoms with van der Waals surface area (Å²) in [6, 6.07) is 0.294. The predicted molar refractivity (Wildman–Crippen MR) is 95.4 cm³/mol. The van der Waals surface area contributed by atoms with Crippen LogP contribution in [0.2, 0.25) is 0 Å². The van der Waals surface area contributed by atoms with Gasteiger partial charge in [-0.25, -0.2) is 4.79 Å². The summed E-state index contributed by atoms with van der Waals surface area (Å²) in [7, 11) is 3.57. The van der Waals surface area contributed by atoms with Crippen molar-refractivity contribution in [1.82, 2.24) is 20.0 Å². The molecule has 0 bridgehead atoms. The zero-order chi connectivity index (χ0) is 17.9. The van der Waals surface area contributed by atoms with Gasteiger partial charge in [0.2, 0.25) is 5.91 Å². The third-order valence-electron chi connectivity index (χ3n) is 5.90. The van der Waals surface area contributed by atoms with Crippen LogP contribution in [-0.2, 0) is 9.53 Å². The third kappa shape index (κ3) is 4.64. The van der Waals surface area contributed by atoms with Gasteiger partial charge < -0.3 is 19.9 Å². The number of ether oxygens (including phenoxy) is 1. The number of rotatable bonds is 3. The van der Waals surface area contributed by atoms with Crippen molar-refractivity contribution in [3.63, 3.8) is 0 Å². The summed E-state index contributed by atoms with van der Waals surface area (Å²) in [6.07, 6.45) is 5.17. The van der Waals surface area contributed by atoms with E-state index in [1.807, 2.05) is 4.90 Å². The Labute approximate surface area is 150 Å². The maximum atomic E-state index is 12.6. The predicted octanol–water partition coefficient (Wildman–Crippen LogP) is 0.751. The Balaban J connectivity index is 1.40. The smallest absolute Gasteiger partial charge is 0.317 e. The highest BCUT2D eigenvalue weighted by Crippen LogP contribution is 2.37. The van der Waals surface area contributed by atoms with E-state index in [-0.39, 0.29) is 23.4 Å². The number of carbonyl (C=O) groups is 2. The second-order valence-electron chi connectivity index (χ2n) is 8.12. The van der Waals surface area contributed by atoms with Crippen molar-refractivity contribution < 1.29 is 14.3 Å². The Bertz CT molecular complexity index is 483. The van der Waals surface area contributed by atoms with E-state index >= 15 is 0 Å². The van der Waals surface area contributed by atoms with Crippen molar-refractivity contribution in [3.05, 3.63) is 0 Å². The average Bonchev–Trinajstić information content (AvgIpc) is 3.00. The minimum absolute atomic E-state index is 0.0743. The standard InChI is InChI=1S/C18H32N4O3/c1-20(2)16(23)12-21-8-4-15(5-9-21)19-17(24)22-10-7-18(13-22)6-3-11-25-14-18/h15H,3-14H2,1-2H3,(H,19,24). The molecule has 3 heterocycles. The fraction of sp³-hybridized carbons (Fsp3) is 0.889. The van der Waals surface area contributed by atoms with Crippen LogP contribution in [0.3, 0.4) is 0 Å². The van der Waals surface area contributed by atoms with Crippen molar-refractivity contribution in [2.75, 3.05) is 60.0 Å². The van der Waals surface area contributed by atoms with Crippen molar-refractivity contribution in [3.8, 4) is 0 Å². The first kappa shape index (κ1) is 18.5. The van der Waals surface area contributed by atoms with Gasteiger partial charge in [-0.1, -0.05) is 0 Å². The van der Waals surface area contributed by atoms with Gasteiger partial charge in [-0.3, -0.25) is 9.69 Å². The van der Waals surface area contributed by atoms with Crippen LogP contribution in [0.25, 0.3) is 0 Å². The molecule has 3 fully saturated rings. The van der Waals surface area contributed by atoms with E-state index in [4.69, 9.17) is 4.74 Å². The number of carbonyl (C=O) groups excluding carboxylic acids is 2. The van der Waals surface area contributed by atoms with E-state index in [0.29, 0.717) is 6.54 Å². The monoisotopic (exact) mass is 352 g/mol. The van der Waals surface area contributed by atoms with Gasteiger partial charge in [-0.15, -0.1) is 0 Å². The first-order valence-electron chi connectivity index (χ1n) is 9.53. The summed E-state index contributed by atoms with van der Waals surface area (Å²) < 4.78 is 5.65. The number of piperidine rings is 1. The van der Waals surface area contributed by atoms with E-state index in [9.17, 15) is 9.59 Å². The van der Waals surface area contributed by atoms with E-state index < -0.39 is 0 Å². The summed E-state index contributed by atoms with van der Waals surface area (Å²) >= 11 is 0. The van der Waals surface area contributed by atoms with Crippen LogP contribution in [0.15, 0.2) is 0 Å². The topological polar surface area (TPSA) is 65.1 Å². The summed E-state index contributed by atoms with van der Waals surface area (Å²) in [5.74, 6) is 0.138. The van der Waals surface area contributed by atoms with Gasteiger partial charge in [0.15, 0.2) is 0 Å². The number of nitrogens with one attached hydrogen (secondary N) is 1. The molecule has 0 aromatic rings. The van der Waals surface area contributed by atoms with E-state index in [2.05, 4.69) is 10.2 Å². The summed E-state index contributed by atoms with van der Waals surface area (Å²) in [4.78, 5) is 30.2. The molecule has 3 amide bonds. The highest BCUT2D eigenvalue weighted by Gasteiger charge is 2.41. The molecular formula is C18H32N4O3. The fourth-order valence-electron chi connectivity index (χ4n) is 4.17. The Morgan fingerprint density at radius 1 is 1.20 bits per heavy atom. The number of likely N-dealkylation sites (N-methyl/N-ethyl adjacent to an activating group) is 1. The quantitative estimate of drug-likeness (QED) is 0.814. The normalized spacial score (nSPS) is 28.3. The second kappa shape index (κ2) is 7.91. The van der Waals surface area contributed by atoms with Crippen molar-refractivity contribution >= 4 is 11.9 Å². The highest BCUT2D eigenvalue weighted by atomic mass is 16.5. The molecule has 3 aliphatic heterocycles. The molecule has 0 radical (unpaired) electrons. The number of urea groups is 1. The highest BCUT2D eigenvalue weighted by molar-refractivity contribution is 5.77. The lowest BCUT2D eigenvalue weighted by Crippen LogP contribution is -2.50. The molecule has 7 nitrogen and oxygen atoms in total. The molecule has 1 N–H and O–H groups in total. The first-order chi connectivity index (χ1) is 12.0. The number of hydrogen-bond acceptors (Lipinski definition) is 4. The SMILES string of the molecule is CN(C)C(=O)CN1CCC(NC(=O)N2CCC3(CCCOC3)C2)CC1. The van der Waals surface area contributed by atoms with Gasteiger partial charge in [0.1, 0.15) is 0 Å². The van der Waals surface area contributed by atoms with Crippen LogP contribution in [0.5, 0.6) is 0 Å². The summed E-state index contributed by atoms with van der Waals surface area (Å²) in [6.45, 7) is 5.53. The zero-order valence-electron chi connectivity index (χ0n) is 15.6. The van der Waals surface area contributed by atoms with Crippen LogP contribution in [0.4, 0.5) is 4.79 Å². The van der Waals surface area contributed by atoms with E-state index in [1.54, 1.807) is 19.0 Å². The molecule has 1 unspecified atom stereocenters. The van der Waals surface area contributed by atoms with Crippen molar-refractivity contribution in [1.29, 1.82) is 0 Å².